The minimum atomic E-state index is -1.30. The number of ether oxygens (including phenoxy) is 1. The Balaban J connectivity index is 1.34. The molecule has 232 valence electrons. The van der Waals surface area contributed by atoms with Crippen LogP contribution in [0, 0.1) is 5.41 Å². The van der Waals surface area contributed by atoms with Crippen LogP contribution in [0.5, 0.6) is 0 Å². The van der Waals surface area contributed by atoms with Gasteiger partial charge in [-0.3, -0.25) is 9.69 Å². The van der Waals surface area contributed by atoms with Gasteiger partial charge in [-0.2, -0.15) is 0 Å². The Morgan fingerprint density at radius 3 is 2.07 bits per heavy atom. The summed E-state index contributed by atoms with van der Waals surface area (Å²) < 4.78 is 5.17. The number of carboxylic acids is 1. The normalized spacial score (nSPS) is 22.9. The average molecular weight is 616 g/mol. The van der Waals surface area contributed by atoms with Gasteiger partial charge in [0.05, 0.1) is 24.1 Å². The second kappa shape index (κ2) is 14.0. The molecule has 3 atom stereocenters. The van der Waals surface area contributed by atoms with E-state index in [9.17, 15) is 14.7 Å². The van der Waals surface area contributed by atoms with E-state index in [-0.39, 0.29) is 6.04 Å². The topological polar surface area (TPSA) is 82.1 Å². The molecule has 0 spiro atoms. The summed E-state index contributed by atoms with van der Waals surface area (Å²) in [6, 6.07) is 28.3. The monoisotopic (exact) mass is 615 g/mol. The highest BCUT2D eigenvalue weighted by Crippen LogP contribution is 2.52. The van der Waals surface area contributed by atoms with Gasteiger partial charge in [0.2, 0.25) is 0 Å². The van der Waals surface area contributed by atoms with Crippen molar-refractivity contribution in [3.63, 3.8) is 0 Å². The van der Waals surface area contributed by atoms with Crippen LogP contribution in [-0.2, 0) is 14.3 Å². The number of allylic oxidation sites excluding steroid dienone is 1. The van der Waals surface area contributed by atoms with E-state index in [0.29, 0.717) is 34.7 Å². The number of hydrogen-bond donors (Lipinski definition) is 2. The largest absolute Gasteiger partial charge is 0.481 e. The Hall–Kier alpha value is -3.65. The van der Waals surface area contributed by atoms with Crippen molar-refractivity contribution in [2.75, 3.05) is 39.8 Å². The lowest BCUT2D eigenvalue weighted by Gasteiger charge is -2.47. The number of methoxy groups -OCH3 is 1. The molecule has 8 heteroatoms. The number of carbonyl (C=O) groups excluding carboxylic acids is 1. The minimum Gasteiger partial charge on any atom is -0.481 e. The summed E-state index contributed by atoms with van der Waals surface area (Å²) in [6.07, 6.45) is 1.03. The summed E-state index contributed by atoms with van der Waals surface area (Å²) in [5.41, 5.74) is 2.83. The average Bonchev–Trinajstić information content (AvgIpc) is 3.03. The molecule has 0 aliphatic carbocycles. The first-order chi connectivity index (χ1) is 21.3. The molecule has 1 fully saturated rings. The van der Waals surface area contributed by atoms with Crippen LogP contribution >= 0.6 is 11.6 Å². The first kappa shape index (κ1) is 31.8. The van der Waals surface area contributed by atoms with E-state index >= 15 is 0 Å². The molecule has 1 saturated heterocycles. The van der Waals surface area contributed by atoms with Crippen molar-refractivity contribution in [2.45, 2.75) is 44.7 Å². The van der Waals surface area contributed by atoms with Gasteiger partial charge < -0.3 is 20.1 Å². The zero-order valence-corrected chi connectivity index (χ0v) is 26.5. The van der Waals surface area contributed by atoms with Crippen LogP contribution in [0.25, 0.3) is 0 Å². The van der Waals surface area contributed by atoms with Crippen LogP contribution in [0.1, 0.15) is 55.3 Å². The van der Waals surface area contributed by atoms with Gasteiger partial charge in [0.25, 0.3) is 0 Å². The van der Waals surface area contributed by atoms with Gasteiger partial charge >= 0.3 is 11.9 Å². The van der Waals surface area contributed by atoms with Crippen molar-refractivity contribution in [3.8, 4) is 0 Å². The third-order valence-corrected chi connectivity index (χ3v) is 9.84. The van der Waals surface area contributed by atoms with E-state index in [1.807, 2.05) is 25.1 Å². The van der Waals surface area contributed by atoms with E-state index in [2.05, 4.69) is 75.8 Å². The molecule has 2 aliphatic heterocycles. The Morgan fingerprint density at radius 1 is 0.955 bits per heavy atom. The van der Waals surface area contributed by atoms with Crippen molar-refractivity contribution >= 4 is 23.5 Å². The van der Waals surface area contributed by atoms with Crippen molar-refractivity contribution < 1.29 is 19.4 Å². The first-order valence-corrected chi connectivity index (χ1v) is 15.8. The highest BCUT2D eigenvalue weighted by molar-refractivity contribution is 6.31. The van der Waals surface area contributed by atoms with E-state index in [4.69, 9.17) is 16.3 Å². The summed E-state index contributed by atoms with van der Waals surface area (Å²) in [4.78, 5) is 31.4. The second-order valence-electron chi connectivity index (χ2n) is 11.9. The van der Waals surface area contributed by atoms with Crippen molar-refractivity contribution in [1.29, 1.82) is 0 Å². The van der Waals surface area contributed by atoms with E-state index < -0.39 is 29.3 Å². The third-order valence-electron chi connectivity index (χ3n) is 9.50. The van der Waals surface area contributed by atoms with Gasteiger partial charge in [-0.1, -0.05) is 90.5 Å². The molecule has 0 amide bonds. The third kappa shape index (κ3) is 6.27. The van der Waals surface area contributed by atoms with Gasteiger partial charge in [-0.15, -0.1) is 0 Å². The number of carboxylic acid groups (broad SMARTS) is 1. The lowest BCUT2D eigenvalue weighted by atomic mass is 9.60. The number of nitrogens with one attached hydrogen (secondary N) is 1. The van der Waals surface area contributed by atoms with Crippen LogP contribution < -0.4 is 5.32 Å². The van der Waals surface area contributed by atoms with Gasteiger partial charge in [-0.05, 0) is 56.0 Å². The highest BCUT2D eigenvalue weighted by atomic mass is 35.5. The van der Waals surface area contributed by atoms with E-state index in [1.54, 1.807) is 13.0 Å². The Kier molecular flexibility index (Phi) is 10.1. The number of hydrogen-bond acceptors (Lipinski definition) is 6. The van der Waals surface area contributed by atoms with Crippen LogP contribution in [-0.4, -0.2) is 72.7 Å². The molecule has 0 aromatic heterocycles. The van der Waals surface area contributed by atoms with Gasteiger partial charge in [0.1, 0.15) is 0 Å². The lowest BCUT2D eigenvalue weighted by molar-refractivity contribution is -0.153. The number of piperazine rings is 1. The molecule has 0 bridgehead atoms. The molecule has 2 N–H and O–H groups in total. The predicted molar refractivity (Wildman–Crippen MR) is 174 cm³/mol. The van der Waals surface area contributed by atoms with Crippen molar-refractivity contribution in [3.05, 3.63) is 118 Å². The lowest BCUT2D eigenvalue weighted by Crippen LogP contribution is -2.57. The summed E-state index contributed by atoms with van der Waals surface area (Å²) in [5, 5.41) is 14.7. The highest BCUT2D eigenvalue weighted by Gasteiger charge is 2.56. The molecule has 3 aromatic carbocycles. The smallest absolute Gasteiger partial charge is 0.336 e. The molecule has 2 aliphatic rings. The number of benzene rings is 3. The van der Waals surface area contributed by atoms with Crippen molar-refractivity contribution in [2.24, 2.45) is 5.41 Å². The summed E-state index contributed by atoms with van der Waals surface area (Å²) in [5.74, 6) is -2.25. The molecular weight excluding hydrogens is 574 g/mol. The molecule has 0 radical (unpaired) electrons. The van der Waals surface area contributed by atoms with Gasteiger partial charge in [0.15, 0.2) is 0 Å². The molecular formula is C36H42ClN3O4. The number of carbonyl (C=O) groups is 2. The quantitative estimate of drug-likeness (QED) is 0.266. The summed E-state index contributed by atoms with van der Waals surface area (Å²) in [6.45, 7) is 8.06. The maximum absolute atomic E-state index is 13.3. The molecule has 2 heterocycles. The number of aliphatic carboxylic acids is 1. The maximum Gasteiger partial charge on any atom is 0.336 e. The number of esters is 1. The van der Waals surface area contributed by atoms with Crippen LogP contribution in [0.15, 0.2) is 96.2 Å². The Morgan fingerprint density at radius 2 is 1.52 bits per heavy atom. The fourth-order valence-electron chi connectivity index (χ4n) is 7.28. The van der Waals surface area contributed by atoms with Gasteiger partial charge in [-0.25, -0.2) is 4.79 Å². The summed E-state index contributed by atoms with van der Waals surface area (Å²) in [7, 11) is 1.33. The second-order valence-corrected chi connectivity index (χ2v) is 12.3. The fourth-order valence-corrected chi connectivity index (χ4v) is 7.52. The van der Waals surface area contributed by atoms with Gasteiger partial charge in [0, 0.05) is 48.9 Å². The minimum absolute atomic E-state index is 0.187. The predicted octanol–water partition coefficient (Wildman–Crippen LogP) is 6.12. The number of rotatable bonds is 10. The van der Waals surface area contributed by atoms with E-state index in [0.717, 1.165) is 32.7 Å². The SMILES string of the molecule is COC(=O)C1=C(C)NC(C)C(CCCN2CCN(C(c3ccccc3)c3ccccc3)CC2)(C(=O)O)C1c1ccccc1Cl. The fraction of sp³-hybridized carbons (Fsp3) is 0.389. The zero-order valence-electron chi connectivity index (χ0n) is 25.7. The Bertz CT molecular complexity index is 1430. The number of nitrogens with zero attached hydrogens (tertiary/aromatic N) is 2. The first-order valence-electron chi connectivity index (χ1n) is 15.4. The standard InChI is InChI=1S/C36H42ClN3O4/c1-25-31(34(41)44-3)32(29-17-10-11-18-30(29)37)36(35(42)43,26(2)38-25)19-12-20-39-21-23-40(24-22-39)33(27-13-6-4-7-14-27)28-15-8-5-9-16-28/h4-11,13-18,26,32-33,38H,12,19-24H2,1-3H3,(H,42,43). The van der Waals surface area contributed by atoms with Crippen molar-refractivity contribution in [1.82, 2.24) is 15.1 Å². The maximum atomic E-state index is 13.3. The van der Waals surface area contributed by atoms with E-state index in [1.165, 1.54) is 18.2 Å². The molecule has 3 aromatic rings. The van der Waals surface area contributed by atoms with Crippen LogP contribution in [0.4, 0.5) is 0 Å². The van der Waals surface area contributed by atoms with Crippen LogP contribution in [0.3, 0.4) is 0 Å². The zero-order chi connectivity index (χ0) is 31.3. The van der Waals surface area contributed by atoms with Crippen LogP contribution in [0.2, 0.25) is 5.02 Å². The number of halogens is 1. The Labute approximate surface area is 265 Å². The molecule has 7 nitrogen and oxygen atoms in total. The molecule has 0 saturated carbocycles. The molecule has 5 rings (SSSR count). The molecule has 3 unspecified atom stereocenters. The summed E-state index contributed by atoms with van der Waals surface area (Å²) >= 11 is 6.68. The molecule has 44 heavy (non-hydrogen) atoms.